The zero-order chi connectivity index (χ0) is 15.0. The van der Waals surface area contributed by atoms with E-state index in [-0.39, 0.29) is 30.9 Å². The maximum Gasteiger partial charge on any atom is 0.307 e. The average molecular weight is 298 g/mol. The maximum atomic E-state index is 11.9. The van der Waals surface area contributed by atoms with E-state index in [4.69, 9.17) is 0 Å². The molecule has 0 aromatic carbocycles. The van der Waals surface area contributed by atoms with E-state index in [9.17, 15) is 9.59 Å². The third-order valence-electron chi connectivity index (χ3n) is 3.04. The van der Waals surface area contributed by atoms with Gasteiger partial charge in [0, 0.05) is 10.9 Å². The fourth-order valence-corrected chi connectivity index (χ4v) is 2.40. The highest BCUT2D eigenvalue weighted by molar-refractivity contribution is 7.10. The van der Waals surface area contributed by atoms with Crippen LogP contribution < -0.4 is 10.6 Å². The number of rotatable bonds is 8. The molecule has 20 heavy (non-hydrogen) atoms. The number of methoxy groups -OCH3 is 1. The monoisotopic (exact) mass is 298 g/mol. The molecule has 112 valence electrons. The second kappa shape index (κ2) is 8.71. The largest absolute Gasteiger partial charge is 0.469 e. The number of hydrogen-bond donors (Lipinski definition) is 2. The van der Waals surface area contributed by atoms with Gasteiger partial charge >= 0.3 is 5.97 Å². The van der Waals surface area contributed by atoms with Gasteiger partial charge in [-0.15, -0.1) is 11.3 Å². The molecule has 1 heterocycles. The van der Waals surface area contributed by atoms with Crippen LogP contribution in [0.5, 0.6) is 0 Å². The van der Waals surface area contributed by atoms with E-state index in [2.05, 4.69) is 22.3 Å². The molecule has 0 fully saturated rings. The minimum Gasteiger partial charge on any atom is -0.469 e. The van der Waals surface area contributed by atoms with Gasteiger partial charge in [0.25, 0.3) is 0 Å². The van der Waals surface area contributed by atoms with Crippen LogP contribution in [-0.4, -0.2) is 31.6 Å². The van der Waals surface area contributed by atoms with Crippen LogP contribution in [0, 0.1) is 0 Å². The van der Waals surface area contributed by atoms with Crippen molar-refractivity contribution in [1.29, 1.82) is 0 Å². The lowest BCUT2D eigenvalue weighted by molar-refractivity contribution is -0.141. The fourth-order valence-electron chi connectivity index (χ4n) is 1.62. The van der Waals surface area contributed by atoms with Crippen molar-refractivity contribution in [3.63, 3.8) is 0 Å². The number of carbonyl (C=O) groups excluding carboxylic acids is 2. The van der Waals surface area contributed by atoms with Crippen LogP contribution in [0.25, 0.3) is 0 Å². The molecule has 0 aliphatic rings. The Hall–Kier alpha value is -1.40. The number of ether oxygens (including phenoxy) is 1. The molecule has 1 amide bonds. The molecular weight excluding hydrogens is 276 g/mol. The van der Waals surface area contributed by atoms with Crippen LogP contribution in [0.2, 0.25) is 0 Å². The standard InChI is InChI=1S/C14H22N2O3S/c1-4-10(2)15-9-13(17)16-11(8-14(18)19-3)12-6-5-7-20-12/h5-7,10-11,15H,4,8-9H2,1-3H3,(H,16,17). The zero-order valence-electron chi connectivity index (χ0n) is 12.1. The highest BCUT2D eigenvalue weighted by Crippen LogP contribution is 2.22. The number of carbonyl (C=O) groups is 2. The van der Waals surface area contributed by atoms with Gasteiger partial charge < -0.3 is 15.4 Å². The van der Waals surface area contributed by atoms with Gasteiger partial charge in [-0.1, -0.05) is 13.0 Å². The summed E-state index contributed by atoms with van der Waals surface area (Å²) in [6.45, 7) is 4.33. The second-order valence-electron chi connectivity index (χ2n) is 4.61. The first-order valence-electron chi connectivity index (χ1n) is 6.69. The van der Waals surface area contributed by atoms with Gasteiger partial charge in [-0.3, -0.25) is 9.59 Å². The minimum atomic E-state index is -0.335. The predicted molar refractivity (Wildman–Crippen MR) is 79.6 cm³/mol. The molecule has 2 atom stereocenters. The molecule has 0 aliphatic heterocycles. The van der Waals surface area contributed by atoms with Crippen molar-refractivity contribution < 1.29 is 14.3 Å². The van der Waals surface area contributed by atoms with Crippen LogP contribution in [0.4, 0.5) is 0 Å². The molecule has 5 nitrogen and oxygen atoms in total. The van der Waals surface area contributed by atoms with Crippen LogP contribution >= 0.6 is 11.3 Å². The summed E-state index contributed by atoms with van der Waals surface area (Å²) in [4.78, 5) is 24.3. The number of hydrogen-bond acceptors (Lipinski definition) is 5. The first-order valence-corrected chi connectivity index (χ1v) is 7.57. The van der Waals surface area contributed by atoms with Gasteiger partial charge in [-0.25, -0.2) is 0 Å². The zero-order valence-corrected chi connectivity index (χ0v) is 13.0. The van der Waals surface area contributed by atoms with E-state index in [0.29, 0.717) is 6.04 Å². The Morgan fingerprint density at radius 1 is 1.45 bits per heavy atom. The molecule has 1 rings (SSSR count). The first kappa shape index (κ1) is 16.7. The lowest BCUT2D eigenvalue weighted by Gasteiger charge is -2.17. The van der Waals surface area contributed by atoms with Crippen molar-refractivity contribution in [1.82, 2.24) is 10.6 Å². The summed E-state index contributed by atoms with van der Waals surface area (Å²) in [6, 6.07) is 3.77. The van der Waals surface area contributed by atoms with Crippen LogP contribution in [0.1, 0.15) is 37.6 Å². The van der Waals surface area contributed by atoms with Gasteiger partial charge in [0.1, 0.15) is 0 Å². The lowest BCUT2D eigenvalue weighted by Crippen LogP contribution is -2.39. The summed E-state index contributed by atoms with van der Waals surface area (Å²) < 4.78 is 4.67. The average Bonchev–Trinajstić information content (AvgIpc) is 2.97. The van der Waals surface area contributed by atoms with Crippen molar-refractivity contribution in [3.8, 4) is 0 Å². The molecule has 1 aromatic heterocycles. The van der Waals surface area contributed by atoms with E-state index in [1.165, 1.54) is 18.4 Å². The molecule has 6 heteroatoms. The summed E-state index contributed by atoms with van der Waals surface area (Å²) in [5.41, 5.74) is 0. The quantitative estimate of drug-likeness (QED) is 0.719. The van der Waals surface area contributed by atoms with Crippen LogP contribution in [0.3, 0.4) is 0 Å². The topological polar surface area (TPSA) is 67.4 Å². The minimum absolute atomic E-state index is 0.118. The summed E-state index contributed by atoms with van der Waals surface area (Å²) in [7, 11) is 1.35. The Labute approximate surface area is 123 Å². The Kier molecular flexibility index (Phi) is 7.25. The third-order valence-corrected chi connectivity index (χ3v) is 4.03. The Morgan fingerprint density at radius 2 is 2.20 bits per heavy atom. The molecule has 0 radical (unpaired) electrons. The van der Waals surface area contributed by atoms with E-state index >= 15 is 0 Å². The van der Waals surface area contributed by atoms with E-state index in [1.54, 1.807) is 0 Å². The summed E-state index contributed by atoms with van der Waals surface area (Å²) in [5, 5.41) is 7.92. The Balaban J connectivity index is 2.56. The molecule has 1 aromatic rings. The number of thiophene rings is 1. The van der Waals surface area contributed by atoms with Crippen molar-refractivity contribution in [2.75, 3.05) is 13.7 Å². The SMILES string of the molecule is CCC(C)NCC(=O)NC(CC(=O)OC)c1cccs1. The fraction of sp³-hybridized carbons (Fsp3) is 0.571. The van der Waals surface area contributed by atoms with E-state index < -0.39 is 0 Å². The number of nitrogens with one attached hydrogen (secondary N) is 2. The summed E-state index contributed by atoms with van der Waals surface area (Å²) in [6.07, 6.45) is 1.11. The van der Waals surface area contributed by atoms with Gasteiger partial charge in [0.15, 0.2) is 0 Å². The van der Waals surface area contributed by atoms with Crippen LogP contribution in [0.15, 0.2) is 17.5 Å². The van der Waals surface area contributed by atoms with Gasteiger partial charge in [0.05, 0.1) is 26.1 Å². The molecule has 0 aliphatic carbocycles. The Morgan fingerprint density at radius 3 is 2.75 bits per heavy atom. The van der Waals surface area contributed by atoms with E-state index in [1.807, 2.05) is 24.4 Å². The third kappa shape index (κ3) is 5.71. The molecular formula is C14H22N2O3S. The van der Waals surface area contributed by atoms with Crippen molar-refractivity contribution in [2.24, 2.45) is 0 Å². The second-order valence-corrected chi connectivity index (χ2v) is 5.59. The smallest absolute Gasteiger partial charge is 0.307 e. The molecule has 2 N–H and O–H groups in total. The Bertz CT molecular complexity index is 420. The normalized spacial score (nSPS) is 13.6. The van der Waals surface area contributed by atoms with Crippen molar-refractivity contribution >= 4 is 23.2 Å². The summed E-state index contributed by atoms with van der Waals surface area (Å²) >= 11 is 1.51. The molecule has 0 bridgehead atoms. The van der Waals surface area contributed by atoms with Gasteiger partial charge in [-0.05, 0) is 24.8 Å². The number of amides is 1. The first-order chi connectivity index (χ1) is 9.56. The van der Waals surface area contributed by atoms with E-state index in [0.717, 1.165) is 11.3 Å². The van der Waals surface area contributed by atoms with Crippen molar-refractivity contribution in [2.45, 2.75) is 38.8 Å². The number of esters is 1. The maximum absolute atomic E-state index is 11.9. The molecule has 0 spiro atoms. The predicted octanol–water partition coefficient (Wildman–Crippen LogP) is 1.86. The van der Waals surface area contributed by atoms with Gasteiger partial charge in [0.2, 0.25) is 5.91 Å². The highest BCUT2D eigenvalue weighted by atomic mass is 32.1. The van der Waals surface area contributed by atoms with Crippen molar-refractivity contribution in [3.05, 3.63) is 22.4 Å². The molecule has 2 unspecified atom stereocenters. The highest BCUT2D eigenvalue weighted by Gasteiger charge is 2.19. The lowest BCUT2D eigenvalue weighted by atomic mass is 10.1. The summed E-state index contributed by atoms with van der Waals surface area (Å²) in [5.74, 6) is -0.453. The molecule has 0 saturated carbocycles. The van der Waals surface area contributed by atoms with Crippen LogP contribution in [-0.2, 0) is 14.3 Å². The van der Waals surface area contributed by atoms with Gasteiger partial charge in [-0.2, -0.15) is 0 Å². The molecule has 0 saturated heterocycles.